The van der Waals surface area contributed by atoms with Crippen LogP contribution in [0.25, 0.3) is 10.8 Å². The van der Waals surface area contributed by atoms with E-state index in [9.17, 15) is 13.5 Å². The van der Waals surface area contributed by atoms with Crippen LogP contribution in [0.4, 0.5) is 0 Å². The van der Waals surface area contributed by atoms with Crippen LogP contribution in [0.5, 0.6) is 0 Å². The van der Waals surface area contributed by atoms with Gasteiger partial charge in [0.25, 0.3) is 0 Å². The topological polar surface area (TPSA) is 69.6 Å². The molecule has 1 atom stereocenters. The van der Waals surface area contributed by atoms with Gasteiger partial charge in [-0.15, -0.1) is 0 Å². The second-order valence-electron chi connectivity index (χ2n) is 6.34. The standard InChI is InChI=1S/C18H24N2O3S/c21-16(14-20-11-4-1-5-12-20)13-19-24(22,23)18-10-6-8-15-7-2-3-9-17(15)18/h2-3,6-10,16,19,21H,1,4-5,11-14H2. The molecule has 2 N–H and O–H groups in total. The average Bonchev–Trinajstić information content (AvgIpc) is 2.60. The molecule has 0 bridgehead atoms. The van der Waals surface area contributed by atoms with E-state index in [0.717, 1.165) is 31.3 Å². The van der Waals surface area contributed by atoms with Crippen LogP contribution in [0.1, 0.15) is 19.3 Å². The quantitative estimate of drug-likeness (QED) is 0.837. The number of fused-ring (bicyclic) bond motifs is 1. The minimum Gasteiger partial charge on any atom is -0.390 e. The molecule has 3 rings (SSSR count). The first-order valence-electron chi connectivity index (χ1n) is 8.44. The molecule has 24 heavy (non-hydrogen) atoms. The Morgan fingerprint density at radius 2 is 1.75 bits per heavy atom. The lowest BCUT2D eigenvalue weighted by molar-refractivity contribution is 0.104. The molecular formula is C18H24N2O3S. The second kappa shape index (κ2) is 7.61. The number of aliphatic hydroxyl groups excluding tert-OH is 1. The van der Waals surface area contributed by atoms with E-state index in [1.807, 2.05) is 24.3 Å². The van der Waals surface area contributed by atoms with Gasteiger partial charge in [-0.1, -0.05) is 42.8 Å². The highest BCUT2D eigenvalue weighted by Crippen LogP contribution is 2.22. The van der Waals surface area contributed by atoms with E-state index in [0.29, 0.717) is 11.9 Å². The monoisotopic (exact) mass is 348 g/mol. The van der Waals surface area contributed by atoms with Crippen molar-refractivity contribution in [2.45, 2.75) is 30.3 Å². The fourth-order valence-corrected chi connectivity index (χ4v) is 4.52. The first kappa shape index (κ1) is 17.4. The molecule has 0 amide bonds. The first-order valence-corrected chi connectivity index (χ1v) is 9.92. The number of piperidine rings is 1. The molecule has 0 aromatic heterocycles. The highest BCUT2D eigenvalue weighted by Gasteiger charge is 2.20. The zero-order chi connectivity index (χ0) is 17.0. The number of benzene rings is 2. The van der Waals surface area contributed by atoms with Crippen LogP contribution in [0.15, 0.2) is 47.4 Å². The molecule has 1 fully saturated rings. The molecule has 1 heterocycles. The number of nitrogens with one attached hydrogen (secondary N) is 1. The summed E-state index contributed by atoms with van der Waals surface area (Å²) in [6.45, 7) is 2.50. The number of aliphatic hydroxyl groups is 1. The van der Waals surface area contributed by atoms with Crippen molar-refractivity contribution in [2.75, 3.05) is 26.2 Å². The molecular weight excluding hydrogens is 324 g/mol. The van der Waals surface area contributed by atoms with E-state index in [2.05, 4.69) is 9.62 Å². The van der Waals surface area contributed by atoms with Crippen LogP contribution in [0.3, 0.4) is 0 Å². The van der Waals surface area contributed by atoms with Crippen LogP contribution >= 0.6 is 0 Å². The van der Waals surface area contributed by atoms with E-state index < -0.39 is 16.1 Å². The van der Waals surface area contributed by atoms with Crippen LogP contribution in [0.2, 0.25) is 0 Å². The Balaban J connectivity index is 1.67. The van der Waals surface area contributed by atoms with Crippen LogP contribution in [0, 0.1) is 0 Å². The smallest absolute Gasteiger partial charge is 0.241 e. The van der Waals surface area contributed by atoms with Gasteiger partial charge in [-0.2, -0.15) is 0 Å². The van der Waals surface area contributed by atoms with Crippen molar-refractivity contribution in [1.82, 2.24) is 9.62 Å². The summed E-state index contributed by atoms with van der Waals surface area (Å²) in [4.78, 5) is 2.45. The summed E-state index contributed by atoms with van der Waals surface area (Å²) in [5.74, 6) is 0. The number of sulfonamides is 1. The third-order valence-corrected chi connectivity index (χ3v) is 5.95. The SMILES string of the molecule is O=S(=O)(NCC(O)CN1CCCCC1)c1cccc2ccccc12. The maximum absolute atomic E-state index is 12.6. The summed E-state index contributed by atoms with van der Waals surface area (Å²) >= 11 is 0. The summed E-state index contributed by atoms with van der Waals surface area (Å²) in [6.07, 6.45) is 2.83. The normalized spacial score (nSPS) is 17.9. The molecule has 1 unspecified atom stereocenters. The van der Waals surface area contributed by atoms with Gasteiger partial charge in [0.15, 0.2) is 0 Å². The molecule has 1 aliphatic heterocycles. The first-order chi connectivity index (χ1) is 11.6. The lowest BCUT2D eigenvalue weighted by atomic mass is 10.1. The molecule has 5 nitrogen and oxygen atoms in total. The molecule has 0 aliphatic carbocycles. The lowest BCUT2D eigenvalue weighted by Gasteiger charge is -2.28. The molecule has 0 radical (unpaired) electrons. The van der Waals surface area contributed by atoms with E-state index in [1.54, 1.807) is 18.2 Å². The van der Waals surface area contributed by atoms with Gasteiger partial charge in [-0.3, -0.25) is 0 Å². The van der Waals surface area contributed by atoms with Crippen molar-refractivity contribution >= 4 is 20.8 Å². The van der Waals surface area contributed by atoms with Crippen molar-refractivity contribution in [1.29, 1.82) is 0 Å². The number of hydrogen-bond donors (Lipinski definition) is 2. The van der Waals surface area contributed by atoms with Crippen molar-refractivity contribution in [3.8, 4) is 0 Å². The number of likely N-dealkylation sites (tertiary alicyclic amines) is 1. The summed E-state index contributed by atoms with van der Waals surface area (Å²) in [5, 5.41) is 11.7. The fourth-order valence-electron chi connectivity index (χ4n) is 3.22. The Bertz CT molecular complexity index is 780. The Morgan fingerprint density at radius 3 is 2.54 bits per heavy atom. The van der Waals surface area contributed by atoms with Crippen molar-refractivity contribution in [3.63, 3.8) is 0 Å². The lowest BCUT2D eigenvalue weighted by Crippen LogP contribution is -2.42. The molecule has 130 valence electrons. The number of nitrogens with zero attached hydrogens (tertiary/aromatic N) is 1. The number of β-amino-alcohol motifs (C(OH)–C–C–N with tert-alkyl or cyclic N) is 1. The van der Waals surface area contributed by atoms with Crippen molar-refractivity contribution < 1.29 is 13.5 Å². The highest BCUT2D eigenvalue weighted by molar-refractivity contribution is 7.89. The molecule has 1 aliphatic rings. The zero-order valence-corrected chi connectivity index (χ0v) is 14.5. The van der Waals surface area contributed by atoms with Gasteiger partial charge in [0.2, 0.25) is 10.0 Å². The van der Waals surface area contributed by atoms with Gasteiger partial charge in [-0.05, 0) is 37.4 Å². The zero-order valence-electron chi connectivity index (χ0n) is 13.7. The molecule has 0 saturated carbocycles. The van der Waals surface area contributed by atoms with Crippen LogP contribution in [-0.2, 0) is 10.0 Å². The summed E-state index contributed by atoms with van der Waals surface area (Å²) in [6, 6.07) is 12.6. The molecule has 6 heteroatoms. The average molecular weight is 348 g/mol. The van der Waals surface area contributed by atoms with Gasteiger partial charge in [0.05, 0.1) is 11.0 Å². The molecule has 2 aromatic carbocycles. The van der Waals surface area contributed by atoms with E-state index >= 15 is 0 Å². The van der Waals surface area contributed by atoms with Crippen molar-refractivity contribution in [2.24, 2.45) is 0 Å². The maximum atomic E-state index is 12.6. The number of hydrogen-bond acceptors (Lipinski definition) is 4. The van der Waals surface area contributed by atoms with E-state index in [4.69, 9.17) is 0 Å². The minimum atomic E-state index is -3.65. The molecule has 0 spiro atoms. The largest absolute Gasteiger partial charge is 0.390 e. The molecule has 1 saturated heterocycles. The van der Waals surface area contributed by atoms with Gasteiger partial charge >= 0.3 is 0 Å². The predicted molar refractivity (Wildman–Crippen MR) is 95.4 cm³/mol. The highest BCUT2D eigenvalue weighted by atomic mass is 32.2. The van der Waals surface area contributed by atoms with Crippen LogP contribution in [-0.4, -0.2) is 50.7 Å². The maximum Gasteiger partial charge on any atom is 0.241 e. The summed E-state index contributed by atoms with van der Waals surface area (Å²) in [5.41, 5.74) is 0. The van der Waals surface area contributed by atoms with E-state index in [1.165, 1.54) is 6.42 Å². The second-order valence-corrected chi connectivity index (χ2v) is 8.08. The third-order valence-electron chi connectivity index (χ3n) is 4.47. The Labute approximate surface area is 143 Å². The number of rotatable bonds is 6. The van der Waals surface area contributed by atoms with Gasteiger partial charge in [-0.25, -0.2) is 13.1 Å². The summed E-state index contributed by atoms with van der Waals surface area (Å²) < 4.78 is 27.8. The van der Waals surface area contributed by atoms with Gasteiger partial charge in [0, 0.05) is 18.5 Å². The Morgan fingerprint density at radius 1 is 1.04 bits per heavy atom. The Kier molecular flexibility index (Phi) is 5.50. The van der Waals surface area contributed by atoms with Gasteiger partial charge in [0.1, 0.15) is 0 Å². The minimum absolute atomic E-state index is 0.0298. The predicted octanol–water partition coefficient (Wildman–Crippen LogP) is 1.96. The van der Waals surface area contributed by atoms with Crippen LogP contribution < -0.4 is 4.72 Å². The van der Waals surface area contributed by atoms with Gasteiger partial charge < -0.3 is 10.0 Å². The summed E-state index contributed by atoms with van der Waals surface area (Å²) in [7, 11) is -3.65. The van der Waals surface area contributed by atoms with E-state index in [-0.39, 0.29) is 11.4 Å². The van der Waals surface area contributed by atoms with Crippen molar-refractivity contribution in [3.05, 3.63) is 42.5 Å². The fraction of sp³-hybridized carbons (Fsp3) is 0.444. The molecule has 2 aromatic rings. The third kappa shape index (κ3) is 4.13. The Hall–Kier alpha value is -1.47.